The fourth-order valence-corrected chi connectivity index (χ4v) is 2.81. The van der Waals surface area contributed by atoms with Crippen molar-refractivity contribution in [2.75, 3.05) is 6.61 Å². The average molecular weight is 300 g/mol. The first-order valence-corrected chi connectivity index (χ1v) is 8.22. The summed E-state index contributed by atoms with van der Waals surface area (Å²) in [6.45, 7) is 9.99. The van der Waals surface area contributed by atoms with Crippen molar-refractivity contribution in [2.24, 2.45) is 5.92 Å². The summed E-state index contributed by atoms with van der Waals surface area (Å²) in [5.74, 6) is 0.0561. The van der Waals surface area contributed by atoms with Gasteiger partial charge in [0, 0.05) is 0 Å². The predicted molar refractivity (Wildman–Crippen MR) is 83.1 cm³/mol. The van der Waals surface area contributed by atoms with Gasteiger partial charge in [-0.15, -0.1) is 0 Å². The molecule has 1 N–H and O–H groups in total. The molecule has 0 aromatic carbocycles. The molecule has 1 aliphatic rings. The zero-order valence-electron chi connectivity index (χ0n) is 14.3. The van der Waals surface area contributed by atoms with Gasteiger partial charge in [-0.1, -0.05) is 19.8 Å². The topological polar surface area (TPSA) is 55.8 Å². The molecule has 0 bridgehead atoms. The first-order valence-electron chi connectivity index (χ1n) is 8.22. The SMILES string of the molecule is CCCC(C)(OC[C@@H]1CCC[C@H](O)C1)C(=O)OC(C)(C)C. The van der Waals surface area contributed by atoms with Crippen LogP contribution in [-0.4, -0.2) is 35.0 Å². The Kier molecular flexibility index (Phi) is 6.67. The van der Waals surface area contributed by atoms with Gasteiger partial charge in [-0.05, 0) is 59.3 Å². The van der Waals surface area contributed by atoms with Gasteiger partial charge in [0.05, 0.1) is 12.7 Å². The second-order valence-electron chi connectivity index (χ2n) is 7.48. The van der Waals surface area contributed by atoms with Gasteiger partial charge in [0.25, 0.3) is 0 Å². The molecule has 0 heterocycles. The van der Waals surface area contributed by atoms with E-state index in [2.05, 4.69) is 0 Å². The molecule has 124 valence electrons. The summed E-state index contributed by atoms with van der Waals surface area (Å²) < 4.78 is 11.5. The molecule has 4 nitrogen and oxygen atoms in total. The van der Waals surface area contributed by atoms with Gasteiger partial charge in [0.15, 0.2) is 5.60 Å². The zero-order valence-corrected chi connectivity index (χ0v) is 14.3. The molecule has 4 heteroatoms. The standard InChI is InChI=1S/C17H32O4/c1-6-10-17(5,15(19)21-16(2,3)4)20-12-13-8-7-9-14(18)11-13/h13-14,18H,6-12H2,1-5H3/t13-,14+,17?/m1/s1. The van der Waals surface area contributed by atoms with Gasteiger partial charge in [-0.25, -0.2) is 4.79 Å². The van der Waals surface area contributed by atoms with E-state index >= 15 is 0 Å². The van der Waals surface area contributed by atoms with Crippen LogP contribution in [0.2, 0.25) is 0 Å². The van der Waals surface area contributed by atoms with Crippen molar-refractivity contribution >= 4 is 5.97 Å². The van der Waals surface area contributed by atoms with Crippen molar-refractivity contribution in [3.63, 3.8) is 0 Å². The number of carbonyl (C=O) groups excluding carboxylic acids is 1. The van der Waals surface area contributed by atoms with E-state index in [0.717, 1.165) is 32.1 Å². The number of carbonyl (C=O) groups is 1. The second-order valence-corrected chi connectivity index (χ2v) is 7.48. The number of aliphatic hydroxyl groups excluding tert-OH is 1. The number of aliphatic hydroxyl groups is 1. The minimum Gasteiger partial charge on any atom is -0.458 e. The maximum Gasteiger partial charge on any atom is 0.338 e. The van der Waals surface area contributed by atoms with Crippen molar-refractivity contribution in [1.29, 1.82) is 0 Å². The molecule has 0 amide bonds. The van der Waals surface area contributed by atoms with Crippen LogP contribution >= 0.6 is 0 Å². The lowest BCUT2D eigenvalue weighted by Gasteiger charge is -2.34. The molecule has 0 aromatic heterocycles. The Balaban J connectivity index is 2.60. The quantitative estimate of drug-likeness (QED) is 0.763. The van der Waals surface area contributed by atoms with Crippen LogP contribution < -0.4 is 0 Å². The summed E-state index contributed by atoms with van der Waals surface area (Å²) in [6.07, 6.45) is 5.05. The lowest BCUT2D eigenvalue weighted by Crippen LogP contribution is -2.44. The second kappa shape index (κ2) is 7.59. The predicted octanol–water partition coefficient (Wildman–Crippen LogP) is 3.45. The highest BCUT2D eigenvalue weighted by molar-refractivity contribution is 5.79. The van der Waals surface area contributed by atoms with Crippen LogP contribution in [0.15, 0.2) is 0 Å². The molecule has 0 radical (unpaired) electrons. The molecule has 0 aromatic rings. The highest BCUT2D eigenvalue weighted by Gasteiger charge is 2.38. The lowest BCUT2D eigenvalue weighted by atomic mass is 9.87. The molecule has 1 unspecified atom stereocenters. The van der Waals surface area contributed by atoms with Gasteiger partial charge >= 0.3 is 5.97 Å². The Bertz CT molecular complexity index is 334. The summed E-state index contributed by atoms with van der Waals surface area (Å²) in [4.78, 5) is 12.4. The van der Waals surface area contributed by atoms with Crippen molar-refractivity contribution in [3.8, 4) is 0 Å². The van der Waals surface area contributed by atoms with E-state index in [1.54, 1.807) is 0 Å². The molecule has 3 atom stereocenters. The highest BCUT2D eigenvalue weighted by Crippen LogP contribution is 2.28. The van der Waals surface area contributed by atoms with Gasteiger partial charge in [0.1, 0.15) is 5.60 Å². The molecule has 1 fully saturated rings. The van der Waals surface area contributed by atoms with E-state index < -0.39 is 11.2 Å². The number of hydrogen-bond acceptors (Lipinski definition) is 4. The minimum atomic E-state index is -0.884. The van der Waals surface area contributed by atoms with Crippen molar-refractivity contribution in [2.45, 2.75) is 90.4 Å². The van der Waals surface area contributed by atoms with Crippen LogP contribution in [0.1, 0.15) is 73.1 Å². The van der Waals surface area contributed by atoms with Crippen LogP contribution in [-0.2, 0) is 14.3 Å². The number of rotatable bonds is 6. The zero-order chi connectivity index (χ0) is 16.1. The molecule has 0 saturated heterocycles. The first kappa shape index (κ1) is 18.4. The number of esters is 1. The van der Waals surface area contributed by atoms with E-state index in [1.165, 1.54) is 0 Å². The van der Waals surface area contributed by atoms with Crippen LogP contribution in [0.4, 0.5) is 0 Å². The third kappa shape index (κ3) is 6.35. The Morgan fingerprint density at radius 1 is 1.24 bits per heavy atom. The minimum absolute atomic E-state index is 0.216. The summed E-state index contributed by atoms with van der Waals surface area (Å²) in [5.41, 5.74) is -1.39. The van der Waals surface area contributed by atoms with Gasteiger partial charge in [-0.3, -0.25) is 0 Å². The molecule has 21 heavy (non-hydrogen) atoms. The third-order valence-corrected chi connectivity index (χ3v) is 3.95. The summed E-state index contributed by atoms with van der Waals surface area (Å²) >= 11 is 0. The van der Waals surface area contributed by atoms with Gasteiger partial charge in [-0.2, -0.15) is 0 Å². The van der Waals surface area contributed by atoms with Crippen molar-refractivity contribution in [3.05, 3.63) is 0 Å². The third-order valence-electron chi connectivity index (χ3n) is 3.95. The average Bonchev–Trinajstić information content (AvgIpc) is 2.35. The molecule has 1 rings (SSSR count). The lowest BCUT2D eigenvalue weighted by molar-refractivity contribution is -0.185. The van der Waals surface area contributed by atoms with Crippen LogP contribution in [0, 0.1) is 5.92 Å². The van der Waals surface area contributed by atoms with Crippen LogP contribution in [0.5, 0.6) is 0 Å². The van der Waals surface area contributed by atoms with E-state index in [-0.39, 0.29) is 12.1 Å². The summed E-state index contributed by atoms with van der Waals surface area (Å²) in [6, 6.07) is 0. The highest BCUT2D eigenvalue weighted by atomic mass is 16.6. The van der Waals surface area contributed by atoms with Crippen LogP contribution in [0.25, 0.3) is 0 Å². The number of hydrogen-bond donors (Lipinski definition) is 1. The Morgan fingerprint density at radius 2 is 1.90 bits per heavy atom. The molecular formula is C17H32O4. The van der Waals surface area contributed by atoms with E-state index in [1.807, 2.05) is 34.6 Å². The molecule has 1 aliphatic carbocycles. The van der Waals surface area contributed by atoms with E-state index in [9.17, 15) is 9.90 Å². The monoisotopic (exact) mass is 300 g/mol. The van der Waals surface area contributed by atoms with Crippen molar-refractivity contribution < 1.29 is 19.4 Å². The Morgan fingerprint density at radius 3 is 2.43 bits per heavy atom. The van der Waals surface area contributed by atoms with Gasteiger partial charge < -0.3 is 14.6 Å². The Hall–Kier alpha value is -0.610. The molecule has 0 spiro atoms. The fraction of sp³-hybridized carbons (Fsp3) is 0.941. The first-order chi connectivity index (χ1) is 9.66. The van der Waals surface area contributed by atoms with Crippen LogP contribution in [0.3, 0.4) is 0 Å². The van der Waals surface area contributed by atoms with Gasteiger partial charge in [0.2, 0.25) is 0 Å². The normalized spacial score (nSPS) is 26.2. The van der Waals surface area contributed by atoms with E-state index in [0.29, 0.717) is 18.9 Å². The Labute approximate surface area is 129 Å². The maximum absolute atomic E-state index is 12.4. The molecule has 1 saturated carbocycles. The molecular weight excluding hydrogens is 268 g/mol. The summed E-state index contributed by atoms with van der Waals surface area (Å²) in [5, 5.41) is 9.73. The fourth-order valence-electron chi connectivity index (χ4n) is 2.81. The van der Waals surface area contributed by atoms with Crippen molar-refractivity contribution in [1.82, 2.24) is 0 Å². The maximum atomic E-state index is 12.4. The van der Waals surface area contributed by atoms with E-state index in [4.69, 9.17) is 9.47 Å². The largest absolute Gasteiger partial charge is 0.458 e. The number of ether oxygens (including phenoxy) is 2. The molecule has 0 aliphatic heterocycles. The summed E-state index contributed by atoms with van der Waals surface area (Å²) in [7, 11) is 0. The smallest absolute Gasteiger partial charge is 0.338 e.